The second-order valence-electron chi connectivity index (χ2n) is 8.19. The van der Waals surface area contributed by atoms with E-state index in [1.807, 2.05) is 19.1 Å². The Kier molecular flexibility index (Phi) is 8.52. The van der Waals surface area contributed by atoms with E-state index < -0.39 is 12.7 Å². The van der Waals surface area contributed by atoms with Crippen molar-refractivity contribution in [2.24, 2.45) is 0 Å². The molecule has 2 aromatic heterocycles. The van der Waals surface area contributed by atoms with Crippen molar-refractivity contribution >= 4 is 34.9 Å². The number of rotatable bonds is 9. The smallest absolute Gasteiger partial charge is 0.236 e. The number of nitrogens with two attached hydrogens (primary N) is 1. The third-order valence-corrected chi connectivity index (χ3v) is 6.93. The number of hydrogen-bond donors (Lipinski definition) is 3. The van der Waals surface area contributed by atoms with Crippen LogP contribution >= 0.6 is 23.4 Å². The molecule has 0 saturated carbocycles. The molecule has 0 aliphatic rings. The molecule has 38 heavy (non-hydrogen) atoms. The topological polar surface area (TPSA) is 143 Å². The van der Waals surface area contributed by atoms with Gasteiger partial charge in [-0.3, -0.25) is 0 Å². The first-order chi connectivity index (χ1) is 18.3. The summed E-state index contributed by atoms with van der Waals surface area (Å²) in [6.07, 6.45) is 0.548. The molecule has 0 spiro atoms. The highest BCUT2D eigenvalue weighted by Gasteiger charge is 2.21. The van der Waals surface area contributed by atoms with Crippen LogP contribution in [0.15, 0.2) is 58.2 Å². The SMILES string of the molecule is [C-]#[N+]c1c(N)nc(SCc2coc(-c3ccc(Cl)c(C)c3)n2)c(C#N)c1-c1ccc(OC[C@H](O)CO)cc1. The second-order valence-corrected chi connectivity index (χ2v) is 9.56. The van der Waals surface area contributed by atoms with Crippen molar-refractivity contribution in [3.8, 4) is 34.4 Å². The summed E-state index contributed by atoms with van der Waals surface area (Å²) < 4.78 is 11.1. The lowest BCUT2D eigenvalue weighted by Gasteiger charge is -2.14. The van der Waals surface area contributed by atoms with E-state index >= 15 is 0 Å². The number of benzene rings is 2. The van der Waals surface area contributed by atoms with E-state index in [-0.39, 0.29) is 23.7 Å². The molecule has 192 valence electrons. The minimum Gasteiger partial charge on any atom is -0.491 e. The third-order valence-electron chi connectivity index (χ3n) is 5.50. The van der Waals surface area contributed by atoms with Crippen molar-refractivity contribution < 1.29 is 19.4 Å². The summed E-state index contributed by atoms with van der Waals surface area (Å²) in [5.41, 5.74) is 9.73. The van der Waals surface area contributed by atoms with Crippen LogP contribution in [0.2, 0.25) is 5.02 Å². The molecule has 2 aromatic carbocycles. The molecule has 0 radical (unpaired) electrons. The molecule has 0 aliphatic heterocycles. The maximum atomic E-state index is 10.0. The molecule has 0 saturated heterocycles. The van der Waals surface area contributed by atoms with Crippen LogP contribution < -0.4 is 10.5 Å². The van der Waals surface area contributed by atoms with Gasteiger partial charge >= 0.3 is 0 Å². The zero-order chi connectivity index (χ0) is 27.2. The van der Waals surface area contributed by atoms with Crippen molar-refractivity contribution in [2.45, 2.75) is 23.8 Å². The summed E-state index contributed by atoms with van der Waals surface area (Å²) >= 11 is 7.37. The van der Waals surface area contributed by atoms with Crippen LogP contribution in [0.3, 0.4) is 0 Å². The zero-order valence-electron chi connectivity index (χ0n) is 20.2. The van der Waals surface area contributed by atoms with Gasteiger partial charge in [0.25, 0.3) is 0 Å². The van der Waals surface area contributed by atoms with Gasteiger partial charge in [-0.05, 0) is 48.4 Å². The quantitative estimate of drug-likeness (QED) is 0.185. The number of hydrogen-bond acceptors (Lipinski definition) is 9. The van der Waals surface area contributed by atoms with E-state index in [4.69, 9.17) is 38.2 Å². The molecule has 4 aromatic rings. The Bertz CT molecular complexity index is 1540. The fraction of sp³-hybridized carbons (Fsp3) is 0.185. The Morgan fingerprint density at radius 1 is 1.24 bits per heavy atom. The van der Waals surface area contributed by atoms with Gasteiger partial charge in [-0.1, -0.05) is 35.5 Å². The first-order valence-corrected chi connectivity index (χ1v) is 12.7. The predicted molar refractivity (Wildman–Crippen MR) is 145 cm³/mol. The molecule has 0 bridgehead atoms. The number of aliphatic hydroxyl groups is 2. The van der Waals surface area contributed by atoms with Gasteiger partial charge < -0.3 is 25.1 Å². The van der Waals surface area contributed by atoms with Crippen molar-refractivity contribution in [3.63, 3.8) is 0 Å². The van der Waals surface area contributed by atoms with Crippen molar-refractivity contribution in [2.75, 3.05) is 18.9 Å². The first-order valence-electron chi connectivity index (χ1n) is 11.3. The fourth-order valence-electron chi connectivity index (χ4n) is 3.56. The number of anilines is 1. The normalized spacial score (nSPS) is 11.5. The lowest BCUT2D eigenvalue weighted by molar-refractivity contribution is 0.0536. The zero-order valence-corrected chi connectivity index (χ0v) is 21.8. The summed E-state index contributed by atoms with van der Waals surface area (Å²) in [7, 11) is 0. The van der Waals surface area contributed by atoms with Crippen molar-refractivity contribution in [1.29, 1.82) is 5.26 Å². The largest absolute Gasteiger partial charge is 0.491 e. The third kappa shape index (κ3) is 5.91. The van der Waals surface area contributed by atoms with Gasteiger partial charge in [-0.2, -0.15) is 5.26 Å². The van der Waals surface area contributed by atoms with Crippen LogP contribution in [-0.4, -0.2) is 39.5 Å². The number of aromatic nitrogens is 2. The number of nitrogen functional groups attached to an aromatic ring is 1. The fourth-order valence-corrected chi connectivity index (χ4v) is 4.55. The Morgan fingerprint density at radius 2 is 1.97 bits per heavy atom. The van der Waals surface area contributed by atoms with Gasteiger partial charge in [0.1, 0.15) is 41.6 Å². The number of halogens is 1. The van der Waals surface area contributed by atoms with Gasteiger partial charge in [0.05, 0.1) is 24.4 Å². The molecule has 4 N–H and O–H groups in total. The molecular weight excluding hydrogens is 526 g/mol. The van der Waals surface area contributed by atoms with Crippen molar-refractivity contribution in [3.05, 3.63) is 82.0 Å². The second kappa shape index (κ2) is 12.0. The average Bonchev–Trinajstić information content (AvgIpc) is 3.41. The molecule has 9 nitrogen and oxygen atoms in total. The van der Waals surface area contributed by atoms with Gasteiger partial charge in [-0.15, -0.1) is 0 Å². The van der Waals surface area contributed by atoms with E-state index in [0.717, 1.165) is 11.1 Å². The van der Waals surface area contributed by atoms with E-state index in [1.165, 1.54) is 11.8 Å². The summed E-state index contributed by atoms with van der Waals surface area (Å²) in [5.74, 6) is 1.28. The monoisotopic (exact) mass is 547 g/mol. The molecule has 4 rings (SSSR count). The number of ether oxygens (including phenoxy) is 1. The number of thioether (sulfide) groups is 1. The lowest BCUT2D eigenvalue weighted by Crippen LogP contribution is -2.21. The molecule has 2 heterocycles. The first kappa shape index (κ1) is 27.0. The maximum Gasteiger partial charge on any atom is 0.236 e. The molecule has 0 unspecified atom stereocenters. The number of aryl methyl sites for hydroxylation is 1. The van der Waals surface area contributed by atoms with Crippen LogP contribution in [0.1, 0.15) is 16.8 Å². The van der Waals surface area contributed by atoms with Crippen LogP contribution in [0, 0.1) is 24.8 Å². The highest BCUT2D eigenvalue weighted by Crippen LogP contribution is 2.42. The average molecular weight is 548 g/mol. The van der Waals surface area contributed by atoms with E-state index in [1.54, 1.807) is 36.6 Å². The molecule has 0 amide bonds. The van der Waals surface area contributed by atoms with Crippen LogP contribution in [-0.2, 0) is 5.75 Å². The van der Waals surface area contributed by atoms with Gasteiger partial charge in [-0.25, -0.2) is 14.8 Å². The predicted octanol–water partition coefficient (Wildman–Crippen LogP) is 5.39. The number of oxazole rings is 1. The Labute approximate surface area is 228 Å². The van der Waals surface area contributed by atoms with E-state index in [0.29, 0.717) is 44.3 Å². The lowest BCUT2D eigenvalue weighted by atomic mass is 10.00. The highest BCUT2D eigenvalue weighted by molar-refractivity contribution is 7.98. The molecule has 0 fully saturated rings. The summed E-state index contributed by atoms with van der Waals surface area (Å²) in [5, 5.41) is 29.5. The van der Waals surface area contributed by atoms with Crippen molar-refractivity contribution in [1.82, 2.24) is 9.97 Å². The number of nitriles is 1. The summed E-state index contributed by atoms with van der Waals surface area (Å²) in [6.45, 7) is 9.04. The standard InChI is InChI=1S/C27H22ClN5O4S/c1-15-9-17(5-8-22(15)28)26-32-18(12-37-26)14-38-27-21(10-29)23(24(31-2)25(30)33-27)16-3-6-20(7-4-16)36-13-19(35)11-34/h3-9,12,19,34-35H,11,13-14H2,1H3,(H2,30,33)/t19-/m1/s1. The summed E-state index contributed by atoms with van der Waals surface area (Å²) in [6, 6.07) is 14.4. The van der Waals surface area contributed by atoms with Crippen LogP contribution in [0.5, 0.6) is 5.75 Å². The Balaban J connectivity index is 1.60. The molecular formula is C27H22ClN5O4S. The number of nitrogens with zero attached hydrogens (tertiary/aromatic N) is 4. The van der Waals surface area contributed by atoms with Gasteiger partial charge in [0.15, 0.2) is 0 Å². The maximum absolute atomic E-state index is 10.0. The van der Waals surface area contributed by atoms with Gasteiger partial charge in [0, 0.05) is 21.9 Å². The van der Waals surface area contributed by atoms with Crippen LogP contribution in [0.4, 0.5) is 11.5 Å². The van der Waals surface area contributed by atoms with E-state index in [9.17, 15) is 10.4 Å². The highest BCUT2D eigenvalue weighted by atomic mass is 35.5. The van der Waals surface area contributed by atoms with Crippen LogP contribution in [0.25, 0.3) is 27.4 Å². The minimum atomic E-state index is -0.996. The Morgan fingerprint density at radius 3 is 2.63 bits per heavy atom. The summed E-state index contributed by atoms with van der Waals surface area (Å²) in [4.78, 5) is 12.4. The van der Waals surface area contributed by atoms with Gasteiger partial charge in [0.2, 0.25) is 11.6 Å². The van der Waals surface area contributed by atoms with E-state index in [2.05, 4.69) is 20.9 Å². The molecule has 1 atom stereocenters. The molecule has 11 heteroatoms. The number of aliphatic hydroxyl groups excluding tert-OH is 2. The molecule has 0 aliphatic carbocycles. The minimum absolute atomic E-state index is 0.0142. The Hall–Kier alpha value is -4.06. The number of pyridine rings is 1.